The van der Waals surface area contributed by atoms with Crippen molar-refractivity contribution in [1.82, 2.24) is 4.98 Å². The molecule has 0 spiro atoms. The minimum absolute atomic E-state index is 0.0976. The molecule has 0 radical (unpaired) electrons. The van der Waals surface area contributed by atoms with Crippen LogP contribution in [0.25, 0.3) is 10.9 Å². The summed E-state index contributed by atoms with van der Waals surface area (Å²) in [7, 11) is 0. The third-order valence-electron chi connectivity index (χ3n) is 1.98. The first-order valence-corrected chi connectivity index (χ1v) is 4.43. The zero-order valence-corrected chi connectivity index (χ0v) is 8.12. The molecule has 0 atom stereocenters. The quantitative estimate of drug-likeness (QED) is 0.595. The highest BCUT2D eigenvalue weighted by Gasteiger charge is 2.10. The molecule has 15 heavy (non-hydrogen) atoms. The molecule has 0 aliphatic heterocycles. The summed E-state index contributed by atoms with van der Waals surface area (Å²) in [6, 6.07) is 5.35. The zero-order valence-electron chi connectivity index (χ0n) is 7.36. The van der Waals surface area contributed by atoms with Gasteiger partial charge in [-0.2, -0.15) is 0 Å². The number of aromatic amines is 1. The lowest BCUT2D eigenvalue weighted by Crippen LogP contribution is -2.02. The van der Waals surface area contributed by atoms with Crippen LogP contribution in [-0.2, 0) is 0 Å². The van der Waals surface area contributed by atoms with Gasteiger partial charge in [0, 0.05) is 23.6 Å². The van der Waals surface area contributed by atoms with Gasteiger partial charge in [0.25, 0.3) is 5.69 Å². The number of aromatic nitrogens is 1. The molecule has 0 aliphatic rings. The molecule has 0 saturated carbocycles. The zero-order chi connectivity index (χ0) is 11.0. The average Bonchev–Trinajstić information content (AvgIpc) is 2.18. The summed E-state index contributed by atoms with van der Waals surface area (Å²) in [5.74, 6) is 0. The van der Waals surface area contributed by atoms with Gasteiger partial charge in [-0.25, -0.2) is 0 Å². The highest BCUT2D eigenvalue weighted by molar-refractivity contribution is 6.35. The van der Waals surface area contributed by atoms with Crippen molar-refractivity contribution in [3.8, 4) is 0 Å². The summed E-state index contributed by atoms with van der Waals surface area (Å²) >= 11 is 5.80. The van der Waals surface area contributed by atoms with Crippen LogP contribution in [0.15, 0.2) is 29.1 Å². The molecule has 0 amide bonds. The number of nitrogens with one attached hydrogen (secondary N) is 1. The number of pyridine rings is 1. The van der Waals surface area contributed by atoms with Crippen molar-refractivity contribution in [2.24, 2.45) is 0 Å². The molecule has 0 fully saturated rings. The number of hydrogen-bond acceptors (Lipinski definition) is 3. The second-order valence-electron chi connectivity index (χ2n) is 2.97. The minimum atomic E-state index is -0.531. The summed E-state index contributed by atoms with van der Waals surface area (Å²) in [6.07, 6.45) is 0. The van der Waals surface area contributed by atoms with Gasteiger partial charge in [0.15, 0.2) is 0 Å². The van der Waals surface area contributed by atoms with Gasteiger partial charge in [-0.1, -0.05) is 11.6 Å². The lowest BCUT2D eigenvalue weighted by molar-refractivity contribution is -0.384. The Kier molecular flexibility index (Phi) is 2.17. The molecule has 5 nitrogen and oxygen atoms in total. The molecule has 6 heteroatoms. The maximum Gasteiger partial charge on any atom is 0.271 e. The fraction of sp³-hybridized carbons (Fsp3) is 0. The molecule has 0 aliphatic carbocycles. The second kappa shape index (κ2) is 3.36. The molecule has 0 unspecified atom stereocenters. The molecule has 1 heterocycles. The Bertz CT molecular complexity index is 606. The van der Waals surface area contributed by atoms with Crippen LogP contribution in [0.2, 0.25) is 5.02 Å². The summed E-state index contributed by atoms with van der Waals surface area (Å²) in [6.45, 7) is 0. The van der Waals surface area contributed by atoms with E-state index >= 15 is 0 Å². The van der Waals surface area contributed by atoms with Crippen molar-refractivity contribution in [1.29, 1.82) is 0 Å². The van der Waals surface area contributed by atoms with E-state index in [-0.39, 0.29) is 16.3 Å². The van der Waals surface area contributed by atoms with Crippen molar-refractivity contribution in [2.75, 3.05) is 0 Å². The molecule has 0 bridgehead atoms. The first kappa shape index (κ1) is 9.67. The Morgan fingerprint density at radius 3 is 2.73 bits per heavy atom. The molecule has 1 aromatic heterocycles. The number of hydrogen-bond donors (Lipinski definition) is 1. The maximum atomic E-state index is 11.0. The number of rotatable bonds is 1. The standard InChI is InChI=1S/C9H5ClN2O3/c10-7-4-6(12(14)15)3-5-1-2-8(13)11-9(5)7/h1-4H,(H,11,13). The van der Waals surface area contributed by atoms with Crippen molar-refractivity contribution >= 4 is 28.2 Å². The molecule has 1 aromatic carbocycles. The Hall–Kier alpha value is -1.88. The van der Waals surface area contributed by atoms with Gasteiger partial charge in [-0.05, 0) is 6.07 Å². The van der Waals surface area contributed by atoms with Crippen LogP contribution in [0.4, 0.5) is 5.69 Å². The van der Waals surface area contributed by atoms with E-state index in [0.29, 0.717) is 10.9 Å². The van der Waals surface area contributed by atoms with Gasteiger partial charge >= 0.3 is 0 Å². The van der Waals surface area contributed by atoms with E-state index < -0.39 is 4.92 Å². The van der Waals surface area contributed by atoms with Crippen LogP contribution >= 0.6 is 11.6 Å². The number of H-pyrrole nitrogens is 1. The van der Waals surface area contributed by atoms with E-state index in [1.807, 2.05) is 0 Å². The van der Waals surface area contributed by atoms with Gasteiger partial charge in [-0.3, -0.25) is 14.9 Å². The molecular formula is C9H5ClN2O3. The normalized spacial score (nSPS) is 10.5. The van der Waals surface area contributed by atoms with E-state index in [1.54, 1.807) is 0 Å². The first-order valence-electron chi connectivity index (χ1n) is 4.05. The van der Waals surface area contributed by atoms with Gasteiger partial charge < -0.3 is 4.98 Å². The topological polar surface area (TPSA) is 76.0 Å². The Labute approximate surface area is 88.5 Å². The van der Waals surface area contributed by atoms with Gasteiger partial charge in [0.1, 0.15) is 0 Å². The molecule has 76 valence electrons. The molecule has 0 saturated heterocycles. The van der Waals surface area contributed by atoms with Gasteiger partial charge in [0.05, 0.1) is 15.5 Å². The summed E-state index contributed by atoms with van der Waals surface area (Å²) in [5.41, 5.74) is 0.0209. The monoisotopic (exact) mass is 224 g/mol. The third-order valence-corrected chi connectivity index (χ3v) is 2.28. The van der Waals surface area contributed by atoms with Crippen LogP contribution in [0.3, 0.4) is 0 Å². The largest absolute Gasteiger partial charge is 0.321 e. The molecular weight excluding hydrogens is 220 g/mol. The minimum Gasteiger partial charge on any atom is -0.321 e. The fourth-order valence-corrected chi connectivity index (χ4v) is 1.58. The highest BCUT2D eigenvalue weighted by atomic mass is 35.5. The van der Waals surface area contributed by atoms with Crippen molar-refractivity contribution < 1.29 is 4.92 Å². The van der Waals surface area contributed by atoms with Crippen molar-refractivity contribution in [3.05, 3.63) is 49.8 Å². The van der Waals surface area contributed by atoms with Crippen LogP contribution in [0, 0.1) is 10.1 Å². The third kappa shape index (κ3) is 1.69. The van der Waals surface area contributed by atoms with Crippen LogP contribution < -0.4 is 5.56 Å². The number of nitro groups is 1. The number of nitro benzene ring substituents is 1. The Morgan fingerprint density at radius 1 is 1.33 bits per heavy atom. The van der Waals surface area contributed by atoms with Crippen LogP contribution in [0.1, 0.15) is 0 Å². The summed E-state index contributed by atoms with van der Waals surface area (Å²) < 4.78 is 0. The van der Waals surface area contributed by atoms with E-state index in [0.717, 1.165) is 0 Å². The number of non-ortho nitro benzene ring substituents is 1. The predicted octanol–water partition coefficient (Wildman–Crippen LogP) is 2.09. The number of halogens is 1. The highest BCUT2D eigenvalue weighted by Crippen LogP contribution is 2.26. The number of fused-ring (bicyclic) bond motifs is 1. The van der Waals surface area contributed by atoms with Crippen LogP contribution in [-0.4, -0.2) is 9.91 Å². The van der Waals surface area contributed by atoms with Crippen molar-refractivity contribution in [2.45, 2.75) is 0 Å². The van der Waals surface area contributed by atoms with E-state index in [1.165, 1.54) is 24.3 Å². The lowest BCUT2D eigenvalue weighted by atomic mass is 10.2. The SMILES string of the molecule is O=c1ccc2cc([N+](=O)[O-])cc(Cl)c2[nH]1. The number of benzene rings is 1. The summed E-state index contributed by atoms with van der Waals surface area (Å²) in [5, 5.41) is 11.2. The molecule has 2 aromatic rings. The summed E-state index contributed by atoms with van der Waals surface area (Å²) in [4.78, 5) is 23.5. The first-order chi connectivity index (χ1) is 7.08. The fourth-order valence-electron chi connectivity index (χ4n) is 1.31. The van der Waals surface area contributed by atoms with Crippen LogP contribution in [0.5, 0.6) is 0 Å². The lowest BCUT2D eigenvalue weighted by Gasteiger charge is -1.99. The second-order valence-corrected chi connectivity index (χ2v) is 3.38. The van der Waals surface area contributed by atoms with Gasteiger partial charge in [-0.15, -0.1) is 0 Å². The number of nitrogens with zero attached hydrogens (tertiary/aromatic N) is 1. The molecule has 1 N–H and O–H groups in total. The Balaban J connectivity index is 2.84. The predicted molar refractivity (Wildman–Crippen MR) is 56.2 cm³/mol. The van der Waals surface area contributed by atoms with E-state index in [4.69, 9.17) is 11.6 Å². The van der Waals surface area contributed by atoms with E-state index in [2.05, 4.69) is 4.98 Å². The van der Waals surface area contributed by atoms with E-state index in [9.17, 15) is 14.9 Å². The van der Waals surface area contributed by atoms with Crippen molar-refractivity contribution in [3.63, 3.8) is 0 Å². The Morgan fingerprint density at radius 2 is 2.07 bits per heavy atom. The van der Waals surface area contributed by atoms with Gasteiger partial charge in [0.2, 0.25) is 5.56 Å². The smallest absolute Gasteiger partial charge is 0.271 e. The maximum absolute atomic E-state index is 11.0. The molecule has 2 rings (SSSR count). The average molecular weight is 225 g/mol.